The molecule has 168 valence electrons. The van der Waals surface area contributed by atoms with Gasteiger partial charge in [0.05, 0.1) is 22.8 Å². The average Bonchev–Trinajstić information content (AvgIpc) is 2.76. The van der Waals surface area contributed by atoms with Crippen LogP contribution in [0.25, 0.3) is 0 Å². The third-order valence-corrected chi connectivity index (χ3v) is 6.26. The Labute approximate surface area is 191 Å². The number of benzene rings is 3. The number of carbonyl (C=O) groups excluding carboxylic acids is 1. The fourth-order valence-corrected chi connectivity index (χ4v) is 4.13. The Kier molecular flexibility index (Phi) is 7.84. The van der Waals surface area contributed by atoms with Gasteiger partial charge in [-0.3, -0.25) is 4.79 Å². The first kappa shape index (κ1) is 23.7. The lowest BCUT2D eigenvalue weighted by Gasteiger charge is -2.12. The van der Waals surface area contributed by atoms with E-state index in [0.29, 0.717) is 29.5 Å². The fourth-order valence-electron chi connectivity index (χ4n) is 2.95. The van der Waals surface area contributed by atoms with Gasteiger partial charge in [0.2, 0.25) is 10.0 Å². The molecule has 0 aliphatic heterocycles. The van der Waals surface area contributed by atoms with Gasteiger partial charge in [-0.2, -0.15) is 0 Å². The molecular weight excluding hydrogens is 455 g/mol. The molecular formula is C23H22ClFN2O4S. The van der Waals surface area contributed by atoms with Crippen LogP contribution >= 0.6 is 11.6 Å². The monoisotopic (exact) mass is 476 g/mol. The summed E-state index contributed by atoms with van der Waals surface area (Å²) in [7, 11) is -3.95. The zero-order valence-electron chi connectivity index (χ0n) is 17.3. The van der Waals surface area contributed by atoms with Crippen molar-refractivity contribution in [3.05, 3.63) is 88.7 Å². The number of amides is 1. The quantitative estimate of drug-likeness (QED) is 0.470. The van der Waals surface area contributed by atoms with Gasteiger partial charge in [0.25, 0.3) is 5.91 Å². The SMILES string of the molecule is CCOc1ccccc1NC(=O)c1cc(S(=O)(=O)NCCc2ccc(Cl)cc2)ccc1F. The highest BCUT2D eigenvalue weighted by Crippen LogP contribution is 2.25. The summed E-state index contributed by atoms with van der Waals surface area (Å²) in [5.74, 6) is -1.19. The number of anilines is 1. The molecule has 3 aromatic rings. The molecule has 9 heteroatoms. The molecule has 3 aromatic carbocycles. The van der Waals surface area contributed by atoms with Crippen molar-refractivity contribution in [3.63, 3.8) is 0 Å². The van der Waals surface area contributed by atoms with Crippen molar-refractivity contribution in [1.82, 2.24) is 4.72 Å². The average molecular weight is 477 g/mol. The summed E-state index contributed by atoms with van der Waals surface area (Å²) >= 11 is 5.85. The van der Waals surface area contributed by atoms with Crippen LogP contribution in [-0.4, -0.2) is 27.5 Å². The number of para-hydroxylation sites is 2. The lowest BCUT2D eigenvalue weighted by atomic mass is 10.2. The van der Waals surface area contributed by atoms with Gasteiger partial charge in [0.15, 0.2) is 0 Å². The predicted molar refractivity (Wildman–Crippen MR) is 122 cm³/mol. The standard InChI is InChI=1S/C23H22ClFN2O4S/c1-2-31-22-6-4-3-5-21(22)27-23(28)19-15-18(11-12-20(19)25)32(29,30)26-14-13-16-7-9-17(24)10-8-16/h3-12,15,26H,2,13-14H2,1H3,(H,27,28). The van der Waals surface area contributed by atoms with E-state index < -0.39 is 27.3 Å². The van der Waals surface area contributed by atoms with E-state index in [-0.39, 0.29) is 11.4 Å². The molecule has 0 aromatic heterocycles. The van der Waals surface area contributed by atoms with Crippen LogP contribution in [0.1, 0.15) is 22.8 Å². The number of nitrogens with one attached hydrogen (secondary N) is 2. The van der Waals surface area contributed by atoms with Gasteiger partial charge in [-0.05, 0) is 61.4 Å². The second kappa shape index (κ2) is 10.6. The molecule has 1 amide bonds. The summed E-state index contributed by atoms with van der Waals surface area (Å²) in [4.78, 5) is 12.5. The third-order valence-electron chi connectivity index (χ3n) is 4.55. The highest BCUT2D eigenvalue weighted by atomic mass is 35.5. The highest BCUT2D eigenvalue weighted by molar-refractivity contribution is 7.89. The maximum Gasteiger partial charge on any atom is 0.258 e. The largest absolute Gasteiger partial charge is 0.492 e. The number of carbonyl (C=O) groups is 1. The van der Waals surface area contributed by atoms with E-state index in [2.05, 4.69) is 10.0 Å². The first-order valence-electron chi connectivity index (χ1n) is 9.87. The minimum Gasteiger partial charge on any atom is -0.492 e. The topological polar surface area (TPSA) is 84.5 Å². The number of sulfonamides is 1. The molecule has 32 heavy (non-hydrogen) atoms. The molecule has 0 unspecified atom stereocenters. The van der Waals surface area contributed by atoms with Crippen molar-refractivity contribution in [3.8, 4) is 5.75 Å². The van der Waals surface area contributed by atoms with Crippen molar-refractivity contribution in [2.75, 3.05) is 18.5 Å². The van der Waals surface area contributed by atoms with Crippen molar-refractivity contribution in [2.45, 2.75) is 18.2 Å². The lowest BCUT2D eigenvalue weighted by molar-refractivity contribution is 0.102. The van der Waals surface area contributed by atoms with E-state index in [1.807, 2.05) is 0 Å². The van der Waals surface area contributed by atoms with E-state index in [1.165, 1.54) is 0 Å². The van der Waals surface area contributed by atoms with Crippen LogP contribution in [0, 0.1) is 5.82 Å². The van der Waals surface area contributed by atoms with Gasteiger partial charge in [-0.15, -0.1) is 0 Å². The zero-order chi connectivity index (χ0) is 23.1. The summed E-state index contributed by atoms with van der Waals surface area (Å²) in [6.07, 6.45) is 0.444. The number of halogens is 2. The summed E-state index contributed by atoms with van der Waals surface area (Å²) in [5, 5.41) is 3.16. The summed E-state index contributed by atoms with van der Waals surface area (Å²) in [6, 6.07) is 16.8. The van der Waals surface area contributed by atoms with Gasteiger partial charge in [-0.25, -0.2) is 17.5 Å². The van der Waals surface area contributed by atoms with Crippen molar-refractivity contribution in [1.29, 1.82) is 0 Å². The molecule has 0 saturated carbocycles. The number of hydrogen-bond acceptors (Lipinski definition) is 4. The Morgan fingerprint density at radius 3 is 2.50 bits per heavy atom. The lowest BCUT2D eigenvalue weighted by Crippen LogP contribution is -2.26. The molecule has 0 aliphatic carbocycles. The molecule has 0 spiro atoms. The Morgan fingerprint density at radius 1 is 1.06 bits per heavy atom. The summed E-state index contributed by atoms with van der Waals surface area (Å²) in [6.45, 7) is 2.31. The molecule has 2 N–H and O–H groups in total. The Hall–Kier alpha value is -2.94. The first-order chi connectivity index (χ1) is 15.3. The van der Waals surface area contributed by atoms with Crippen LogP contribution in [-0.2, 0) is 16.4 Å². The Balaban J connectivity index is 1.74. The molecule has 0 aliphatic rings. The van der Waals surface area contributed by atoms with Gasteiger partial charge >= 0.3 is 0 Å². The van der Waals surface area contributed by atoms with Crippen LogP contribution in [0.2, 0.25) is 5.02 Å². The van der Waals surface area contributed by atoms with E-state index in [1.54, 1.807) is 55.5 Å². The van der Waals surface area contributed by atoms with Crippen LogP contribution in [0.15, 0.2) is 71.6 Å². The third kappa shape index (κ3) is 6.06. The van der Waals surface area contributed by atoms with Crippen molar-refractivity contribution in [2.24, 2.45) is 0 Å². The number of ether oxygens (including phenoxy) is 1. The van der Waals surface area contributed by atoms with Gasteiger partial charge in [-0.1, -0.05) is 35.9 Å². The smallest absolute Gasteiger partial charge is 0.258 e. The minimum absolute atomic E-state index is 0.130. The van der Waals surface area contributed by atoms with Crippen LogP contribution < -0.4 is 14.8 Å². The molecule has 0 radical (unpaired) electrons. The van der Waals surface area contributed by atoms with Gasteiger partial charge in [0, 0.05) is 11.6 Å². The second-order valence-electron chi connectivity index (χ2n) is 6.80. The number of rotatable bonds is 9. The fraction of sp³-hybridized carbons (Fsp3) is 0.174. The maximum absolute atomic E-state index is 14.3. The van der Waals surface area contributed by atoms with E-state index in [0.717, 1.165) is 23.8 Å². The zero-order valence-corrected chi connectivity index (χ0v) is 18.8. The first-order valence-corrected chi connectivity index (χ1v) is 11.7. The minimum atomic E-state index is -3.95. The number of hydrogen-bond donors (Lipinski definition) is 2. The molecule has 0 fully saturated rings. The van der Waals surface area contributed by atoms with E-state index in [9.17, 15) is 17.6 Å². The second-order valence-corrected chi connectivity index (χ2v) is 9.00. The normalized spacial score (nSPS) is 11.2. The van der Waals surface area contributed by atoms with E-state index in [4.69, 9.17) is 16.3 Å². The molecule has 6 nitrogen and oxygen atoms in total. The highest BCUT2D eigenvalue weighted by Gasteiger charge is 2.20. The van der Waals surface area contributed by atoms with Crippen LogP contribution in [0.4, 0.5) is 10.1 Å². The Morgan fingerprint density at radius 2 is 1.78 bits per heavy atom. The van der Waals surface area contributed by atoms with Crippen molar-refractivity contribution < 1.29 is 22.3 Å². The van der Waals surface area contributed by atoms with Crippen LogP contribution in [0.3, 0.4) is 0 Å². The maximum atomic E-state index is 14.3. The Bertz CT molecular complexity index is 1200. The van der Waals surface area contributed by atoms with Gasteiger partial charge in [0.1, 0.15) is 11.6 Å². The predicted octanol–water partition coefficient (Wildman–Crippen LogP) is 4.65. The molecule has 0 heterocycles. The molecule has 3 rings (SSSR count). The van der Waals surface area contributed by atoms with Gasteiger partial charge < -0.3 is 10.1 Å². The molecule has 0 saturated heterocycles. The summed E-state index contributed by atoms with van der Waals surface area (Å²) in [5.41, 5.74) is 0.870. The summed E-state index contributed by atoms with van der Waals surface area (Å²) < 4.78 is 47.6. The molecule has 0 atom stereocenters. The molecule has 0 bridgehead atoms. The van der Waals surface area contributed by atoms with E-state index >= 15 is 0 Å². The van der Waals surface area contributed by atoms with Crippen molar-refractivity contribution >= 4 is 33.2 Å². The van der Waals surface area contributed by atoms with Crippen LogP contribution in [0.5, 0.6) is 5.75 Å².